The molecule has 0 saturated heterocycles. The van der Waals surface area contributed by atoms with Crippen LogP contribution in [0.3, 0.4) is 0 Å². The van der Waals surface area contributed by atoms with Crippen LogP contribution < -0.4 is 10.1 Å². The summed E-state index contributed by atoms with van der Waals surface area (Å²) in [5, 5.41) is 10.9. The van der Waals surface area contributed by atoms with Gasteiger partial charge in [-0.2, -0.15) is 5.10 Å². The molecule has 1 aromatic heterocycles. The second kappa shape index (κ2) is 7.36. The number of fused-ring (bicyclic) bond motifs is 1. The molecule has 6 nitrogen and oxygen atoms in total. The van der Waals surface area contributed by atoms with Crippen molar-refractivity contribution in [2.45, 2.75) is 6.92 Å². The van der Waals surface area contributed by atoms with E-state index in [2.05, 4.69) is 15.5 Å². The fraction of sp³-hybridized carbons (Fsp3) is 0.0455. The normalized spacial score (nSPS) is 10.6. The SMILES string of the molecule is CC(=O)Nc1cccc(-c2n[nH]c3ccc(OC(=O)c4ccccc4)cc23)c1. The van der Waals surface area contributed by atoms with Gasteiger partial charge < -0.3 is 10.1 Å². The first-order valence-electron chi connectivity index (χ1n) is 8.73. The molecule has 0 spiro atoms. The molecule has 0 radical (unpaired) electrons. The minimum Gasteiger partial charge on any atom is -0.423 e. The van der Waals surface area contributed by atoms with Gasteiger partial charge in [0.2, 0.25) is 5.91 Å². The van der Waals surface area contributed by atoms with Gasteiger partial charge in [0.25, 0.3) is 0 Å². The number of carbonyl (C=O) groups excluding carboxylic acids is 2. The average molecular weight is 371 g/mol. The number of carbonyl (C=O) groups is 2. The third-order valence-corrected chi connectivity index (χ3v) is 4.21. The van der Waals surface area contributed by atoms with Crippen LogP contribution in [0.4, 0.5) is 5.69 Å². The molecule has 138 valence electrons. The summed E-state index contributed by atoms with van der Waals surface area (Å²) in [5.41, 5.74) is 3.54. The van der Waals surface area contributed by atoms with Crippen molar-refractivity contribution >= 4 is 28.5 Å². The Kier molecular flexibility index (Phi) is 4.60. The van der Waals surface area contributed by atoms with Crippen LogP contribution in [-0.2, 0) is 4.79 Å². The van der Waals surface area contributed by atoms with E-state index in [1.165, 1.54) is 6.92 Å². The molecule has 0 aliphatic heterocycles. The maximum absolute atomic E-state index is 12.3. The van der Waals surface area contributed by atoms with Gasteiger partial charge in [0.05, 0.1) is 11.1 Å². The molecule has 0 fully saturated rings. The van der Waals surface area contributed by atoms with E-state index in [0.717, 1.165) is 16.5 Å². The Hall–Kier alpha value is -3.93. The van der Waals surface area contributed by atoms with Crippen molar-refractivity contribution in [1.29, 1.82) is 0 Å². The zero-order valence-corrected chi connectivity index (χ0v) is 15.1. The van der Waals surface area contributed by atoms with Crippen LogP contribution in [0, 0.1) is 0 Å². The molecule has 4 rings (SSSR count). The van der Waals surface area contributed by atoms with E-state index in [4.69, 9.17) is 4.74 Å². The number of hydrogen-bond donors (Lipinski definition) is 2. The van der Waals surface area contributed by atoms with Gasteiger partial charge in [-0.05, 0) is 42.5 Å². The van der Waals surface area contributed by atoms with Gasteiger partial charge in [-0.3, -0.25) is 9.89 Å². The van der Waals surface area contributed by atoms with Crippen molar-refractivity contribution in [3.8, 4) is 17.0 Å². The lowest BCUT2D eigenvalue weighted by Crippen LogP contribution is -2.07. The van der Waals surface area contributed by atoms with Gasteiger partial charge in [-0.1, -0.05) is 30.3 Å². The van der Waals surface area contributed by atoms with E-state index < -0.39 is 5.97 Å². The van der Waals surface area contributed by atoms with Crippen molar-refractivity contribution in [2.75, 3.05) is 5.32 Å². The minimum absolute atomic E-state index is 0.140. The van der Waals surface area contributed by atoms with E-state index in [1.54, 1.807) is 36.4 Å². The van der Waals surface area contributed by atoms with Gasteiger partial charge in [0.1, 0.15) is 11.4 Å². The number of esters is 1. The number of aromatic nitrogens is 2. The van der Waals surface area contributed by atoms with E-state index in [-0.39, 0.29) is 5.91 Å². The summed E-state index contributed by atoms with van der Waals surface area (Å²) in [6.45, 7) is 1.46. The Morgan fingerprint density at radius 1 is 0.964 bits per heavy atom. The first-order chi connectivity index (χ1) is 13.6. The zero-order chi connectivity index (χ0) is 19.5. The molecule has 0 aliphatic rings. The van der Waals surface area contributed by atoms with Crippen LogP contribution in [0.5, 0.6) is 5.75 Å². The van der Waals surface area contributed by atoms with Crippen molar-refractivity contribution in [3.05, 3.63) is 78.4 Å². The standard InChI is InChI=1S/C22H17N3O3/c1-14(26)23-17-9-5-8-16(12-17)21-19-13-18(10-11-20(19)24-25-21)28-22(27)15-6-3-2-4-7-15/h2-13H,1H3,(H,23,26)(H,24,25). The maximum atomic E-state index is 12.3. The number of H-pyrrole nitrogens is 1. The first kappa shape index (κ1) is 17.5. The smallest absolute Gasteiger partial charge is 0.343 e. The highest BCUT2D eigenvalue weighted by molar-refractivity contribution is 5.96. The van der Waals surface area contributed by atoms with E-state index in [9.17, 15) is 9.59 Å². The molecule has 28 heavy (non-hydrogen) atoms. The van der Waals surface area contributed by atoms with Gasteiger partial charge in [-0.15, -0.1) is 0 Å². The van der Waals surface area contributed by atoms with E-state index >= 15 is 0 Å². The largest absolute Gasteiger partial charge is 0.423 e. The summed E-state index contributed by atoms with van der Waals surface area (Å²) in [7, 11) is 0. The molecule has 6 heteroatoms. The van der Waals surface area contributed by atoms with Gasteiger partial charge in [-0.25, -0.2) is 4.79 Å². The summed E-state index contributed by atoms with van der Waals surface area (Å²) in [6, 6.07) is 21.6. The highest BCUT2D eigenvalue weighted by Crippen LogP contribution is 2.30. The highest BCUT2D eigenvalue weighted by atomic mass is 16.5. The maximum Gasteiger partial charge on any atom is 0.343 e. The monoisotopic (exact) mass is 371 g/mol. The molecular weight excluding hydrogens is 354 g/mol. The minimum atomic E-state index is -0.419. The fourth-order valence-electron chi connectivity index (χ4n) is 2.96. The molecule has 3 aromatic carbocycles. The molecule has 0 bridgehead atoms. The Morgan fingerprint density at radius 2 is 1.79 bits per heavy atom. The number of amides is 1. The van der Waals surface area contributed by atoms with Crippen LogP contribution in [0.2, 0.25) is 0 Å². The number of anilines is 1. The van der Waals surface area contributed by atoms with Crippen molar-refractivity contribution in [1.82, 2.24) is 10.2 Å². The van der Waals surface area contributed by atoms with Crippen LogP contribution >= 0.6 is 0 Å². The second-order valence-corrected chi connectivity index (χ2v) is 6.30. The first-order valence-corrected chi connectivity index (χ1v) is 8.73. The summed E-state index contributed by atoms with van der Waals surface area (Å²) in [4.78, 5) is 23.6. The number of benzene rings is 3. The topological polar surface area (TPSA) is 84.1 Å². The second-order valence-electron chi connectivity index (χ2n) is 6.30. The van der Waals surface area contributed by atoms with Crippen LogP contribution in [0.1, 0.15) is 17.3 Å². The third kappa shape index (κ3) is 3.61. The zero-order valence-electron chi connectivity index (χ0n) is 15.1. The van der Waals surface area contributed by atoms with Gasteiger partial charge in [0.15, 0.2) is 0 Å². The fourth-order valence-corrected chi connectivity index (χ4v) is 2.96. The van der Waals surface area contributed by atoms with Gasteiger partial charge >= 0.3 is 5.97 Å². The van der Waals surface area contributed by atoms with Crippen molar-refractivity contribution in [2.24, 2.45) is 0 Å². The number of nitrogens with zero attached hydrogens (tertiary/aromatic N) is 1. The number of hydrogen-bond acceptors (Lipinski definition) is 4. The number of rotatable bonds is 4. The molecular formula is C22H17N3O3. The Bertz CT molecular complexity index is 1170. The van der Waals surface area contributed by atoms with Crippen LogP contribution in [-0.4, -0.2) is 22.1 Å². The lowest BCUT2D eigenvalue weighted by molar-refractivity contribution is -0.114. The summed E-state index contributed by atoms with van der Waals surface area (Å²) < 4.78 is 5.51. The summed E-state index contributed by atoms with van der Waals surface area (Å²) in [5.74, 6) is -0.126. The predicted octanol–water partition coefficient (Wildman–Crippen LogP) is 4.41. The molecule has 0 unspecified atom stereocenters. The lowest BCUT2D eigenvalue weighted by Gasteiger charge is -2.06. The molecule has 0 saturated carbocycles. The molecule has 1 heterocycles. The summed E-state index contributed by atoms with van der Waals surface area (Å²) in [6.07, 6.45) is 0. The summed E-state index contributed by atoms with van der Waals surface area (Å²) >= 11 is 0. The quantitative estimate of drug-likeness (QED) is 0.411. The number of aromatic amines is 1. The molecule has 0 atom stereocenters. The molecule has 2 N–H and O–H groups in total. The average Bonchev–Trinajstić information content (AvgIpc) is 3.11. The van der Waals surface area contributed by atoms with Crippen LogP contribution in [0.25, 0.3) is 22.2 Å². The Balaban J connectivity index is 1.67. The predicted molar refractivity (Wildman–Crippen MR) is 107 cm³/mol. The van der Waals surface area contributed by atoms with E-state index in [0.29, 0.717) is 22.7 Å². The number of ether oxygens (including phenoxy) is 1. The Labute approximate surface area is 161 Å². The molecule has 1 amide bonds. The Morgan fingerprint density at radius 3 is 2.57 bits per heavy atom. The third-order valence-electron chi connectivity index (χ3n) is 4.21. The van der Waals surface area contributed by atoms with E-state index in [1.807, 2.05) is 36.4 Å². The molecule has 4 aromatic rings. The van der Waals surface area contributed by atoms with Crippen molar-refractivity contribution in [3.63, 3.8) is 0 Å². The lowest BCUT2D eigenvalue weighted by atomic mass is 10.1. The molecule has 0 aliphatic carbocycles. The number of nitrogens with one attached hydrogen (secondary N) is 2. The van der Waals surface area contributed by atoms with Gasteiger partial charge in [0, 0.05) is 23.6 Å². The van der Waals surface area contributed by atoms with Crippen molar-refractivity contribution < 1.29 is 14.3 Å². The van der Waals surface area contributed by atoms with Crippen LogP contribution in [0.15, 0.2) is 72.8 Å². The highest BCUT2D eigenvalue weighted by Gasteiger charge is 2.13.